The number of aromatic nitrogens is 1. The molecule has 0 saturated carbocycles. The Kier molecular flexibility index (Phi) is 3.54. The molecule has 0 aliphatic carbocycles. The third-order valence-corrected chi connectivity index (χ3v) is 3.19. The number of hydrogen-bond acceptors (Lipinski definition) is 4. The zero-order valence-electron chi connectivity index (χ0n) is 9.10. The van der Waals surface area contributed by atoms with Gasteiger partial charge in [-0.1, -0.05) is 12.1 Å². The first kappa shape index (κ1) is 11.1. The fourth-order valence-corrected chi connectivity index (χ4v) is 2.14. The Morgan fingerprint density at radius 1 is 1.31 bits per heavy atom. The van der Waals surface area contributed by atoms with E-state index in [9.17, 15) is 0 Å². The second kappa shape index (κ2) is 5.09. The Balaban J connectivity index is 1.94. The summed E-state index contributed by atoms with van der Waals surface area (Å²) in [4.78, 5) is 5.43. The van der Waals surface area contributed by atoms with Gasteiger partial charge in [-0.3, -0.25) is 0 Å². The van der Waals surface area contributed by atoms with Gasteiger partial charge in [-0.25, -0.2) is 4.98 Å². The van der Waals surface area contributed by atoms with E-state index in [1.54, 1.807) is 11.3 Å². The fourth-order valence-electron chi connectivity index (χ4n) is 1.40. The van der Waals surface area contributed by atoms with Crippen molar-refractivity contribution in [3.63, 3.8) is 0 Å². The van der Waals surface area contributed by atoms with Crippen LogP contribution in [0.25, 0.3) is 0 Å². The van der Waals surface area contributed by atoms with Crippen molar-refractivity contribution in [1.82, 2.24) is 4.98 Å². The van der Waals surface area contributed by atoms with Crippen LogP contribution in [0.15, 0.2) is 30.5 Å². The molecule has 3 nitrogen and oxygen atoms in total. The molecule has 1 aromatic carbocycles. The molecule has 0 radical (unpaired) electrons. The molecule has 1 heterocycles. The van der Waals surface area contributed by atoms with Crippen LogP contribution < -0.4 is 5.32 Å². The van der Waals surface area contributed by atoms with Crippen LogP contribution in [0.5, 0.6) is 0 Å². The van der Waals surface area contributed by atoms with Crippen molar-refractivity contribution in [3.8, 4) is 0 Å². The minimum atomic E-state index is 0.0916. The van der Waals surface area contributed by atoms with E-state index in [1.807, 2.05) is 37.4 Å². The molecule has 16 heavy (non-hydrogen) atoms. The molecule has 0 aliphatic heterocycles. The monoisotopic (exact) mass is 234 g/mol. The number of nitrogens with zero attached hydrogens (tertiary/aromatic N) is 1. The minimum absolute atomic E-state index is 0.0916. The molecule has 1 aromatic heterocycles. The molecule has 0 amide bonds. The predicted molar refractivity (Wildman–Crippen MR) is 66.5 cm³/mol. The second-order valence-electron chi connectivity index (χ2n) is 3.55. The second-order valence-corrected chi connectivity index (χ2v) is 4.87. The average Bonchev–Trinajstić information content (AvgIpc) is 2.73. The SMILES string of the molecule is Cc1ncc(CNc2ccc(CO)cc2)s1. The minimum Gasteiger partial charge on any atom is -0.392 e. The van der Waals surface area contributed by atoms with Gasteiger partial charge in [0.15, 0.2) is 0 Å². The Morgan fingerprint density at radius 2 is 2.06 bits per heavy atom. The summed E-state index contributed by atoms with van der Waals surface area (Å²) in [7, 11) is 0. The normalized spacial score (nSPS) is 10.4. The fraction of sp³-hybridized carbons (Fsp3) is 0.250. The van der Waals surface area contributed by atoms with Crippen LogP contribution >= 0.6 is 11.3 Å². The van der Waals surface area contributed by atoms with E-state index in [2.05, 4.69) is 10.3 Å². The van der Waals surface area contributed by atoms with Gasteiger partial charge in [-0.05, 0) is 24.6 Å². The van der Waals surface area contributed by atoms with Gasteiger partial charge in [-0.2, -0.15) is 0 Å². The summed E-state index contributed by atoms with van der Waals surface area (Å²) < 4.78 is 0. The molecule has 4 heteroatoms. The summed E-state index contributed by atoms with van der Waals surface area (Å²) in [6.45, 7) is 2.89. The quantitative estimate of drug-likeness (QED) is 0.854. The first-order valence-electron chi connectivity index (χ1n) is 5.13. The Labute approximate surface area is 98.8 Å². The van der Waals surface area contributed by atoms with Crippen LogP contribution in [0.1, 0.15) is 15.4 Å². The number of nitrogens with one attached hydrogen (secondary N) is 1. The number of aliphatic hydroxyl groups excluding tert-OH is 1. The molecule has 0 aliphatic rings. The largest absolute Gasteiger partial charge is 0.392 e. The van der Waals surface area contributed by atoms with Crippen LogP contribution in [0.3, 0.4) is 0 Å². The summed E-state index contributed by atoms with van der Waals surface area (Å²) in [5, 5.41) is 13.3. The molecule has 0 saturated heterocycles. The van der Waals surface area contributed by atoms with Crippen LogP contribution in [0, 0.1) is 6.92 Å². The molecule has 2 aromatic rings. The highest BCUT2D eigenvalue weighted by atomic mass is 32.1. The molecule has 0 fully saturated rings. The van der Waals surface area contributed by atoms with Crippen molar-refractivity contribution in [2.45, 2.75) is 20.1 Å². The number of benzene rings is 1. The van der Waals surface area contributed by atoms with Crippen molar-refractivity contribution < 1.29 is 5.11 Å². The van der Waals surface area contributed by atoms with Gasteiger partial charge in [0.05, 0.1) is 18.2 Å². The lowest BCUT2D eigenvalue weighted by molar-refractivity contribution is 0.282. The summed E-state index contributed by atoms with van der Waals surface area (Å²) in [5.74, 6) is 0. The molecule has 2 rings (SSSR count). The van der Waals surface area contributed by atoms with Crippen molar-refractivity contribution in [1.29, 1.82) is 0 Å². The summed E-state index contributed by atoms with van der Waals surface area (Å²) >= 11 is 1.70. The number of aryl methyl sites for hydroxylation is 1. The van der Waals surface area contributed by atoms with E-state index in [0.717, 1.165) is 22.8 Å². The maximum absolute atomic E-state index is 8.91. The maximum Gasteiger partial charge on any atom is 0.0897 e. The Morgan fingerprint density at radius 3 is 2.62 bits per heavy atom. The maximum atomic E-state index is 8.91. The number of rotatable bonds is 4. The molecule has 0 spiro atoms. The van der Waals surface area contributed by atoms with Gasteiger partial charge in [0.1, 0.15) is 0 Å². The highest BCUT2D eigenvalue weighted by Gasteiger charge is 1.98. The van der Waals surface area contributed by atoms with E-state index < -0.39 is 0 Å². The molecule has 2 N–H and O–H groups in total. The highest BCUT2D eigenvalue weighted by Crippen LogP contribution is 2.15. The molecular formula is C12H14N2OS. The first-order chi connectivity index (χ1) is 7.78. The Bertz CT molecular complexity index is 450. The van der Waals surface area contributed by atoms with Gasteiger partial charge in [0.2, 0.25) is 0 Å². The van der Waals surface area contributed by atoms with E-state index >= 15 is 0 Å². The van der Waals surface area contributed by atoms with E-state index in [4.69, 9.17) is 5.11 Å². The summed E-state index contributed by atoms with van der Waals surface area (Å²) in [5.41, 5.74) is 1.99. The van der Waals surface area contributed by atoms with Gasteiger partial charge in [0, 0.05) is 16.8 Å². The van der Waals surface area contributed by atoms with Crippen LogP contribution in [-0.2, 0) is 13.2 Å². The van der Waals surface area contributed by atoms with Crippen LogP contribution in [0.2, 0.25) is 0 Å². The molecule has 84 valence electrons. The average molecular weight is 234 g/mol. The van der Waals surface area contributed by atoms with Gasteiger partial charge >= 0.3 is 0 Å². The zero-order chi connectivity index (χ0) is 11.4. The van der Waals surface area contributed by atoms with E-state index in [0.29, 0.717) is 0 Å². The van der Waals surface area contributed by atoms with Gasteiger partial charge in [0.25, 0.3) is 0 Å². The molecule has 0 unspecified atom stereocenters. The number of hydrogen-bond donors (Lipinski definition) is 2. The van der Waals surface area contributed by atoms with E-state index in [1.165, 1.54) is 4.88 Å². The van der Waals surface area contributed by atoms with Gasteiger partial charge in [-0.15, -0.1) is 11.3 Å². The van der Waals surface area contributed by atoms with Crippen LogP contribution in [0.4, 0.5) is 5.69 Å². The standard InChI is InChI=1S/C12H14N2OS/c1-9-13-6-12(16-9)7-14-11-4-2-10(8-15)3-5-11/h2-6,14-15H,7-8H2,1H3. The predicted octanol–water partition coefficient (Wildman–Crippen LogP) is 2.56. The zero-order valence-corrected chi connectivity index (χ0v) is 9.92. The lowest BCUT2D eigenvalue weighted by atomic mass is 10.2. The lowest BCUT2D eigenvalue weighted by Gasteiger charge is -2.04. The number of thiazole rings is 1. The Hall–Kier alpha value is -1.39. The lowest BCUT2D eigenvalue weighted by Crippen LogP contribution is -1.97. The first-order valence-corrected chi connectivity index (χ1v) is 5.94. The topological polar surface area (TPSA) is 45.2 Å². The number of anilines is 1. The third kappa shape index (κ3) is 2.81. The summed E-state index contributed by atoms with van der Waals surface area (Å²) in [6, 6.07) is 7.78. The number of aliphatic hydroxyl groups is 1. The van der Waals surface area contributed by atoms with Crippen LogP contribution in [-0.4, -0.2) is 10.1 Å². The van der Waals surface area contributed by atoms with E-state index in [-0.39, 0.29) is 6.61 Å². The van der Waals surface area contributed by atoms with Crippen molar-refractivity contribution >= 4 is 17.0 Å². The van der Waals surface area contributed by atoms with Gasteiger partial charge < -0.3 is 10.4 Å². The van der Waals surface area contributed by atoms with Crippen molar-refractivity contribution in [3.05, 3.63) is 45.9 Å². The van der Waals surface area contributed by atoms with Crippen molar-refractivity contribution in [2.75, 3.05) is 5.32 Å². The summed E-state index contributed by atoms with van der Waals surface area (Å²) in [6.07, 6.45) is 1.90. The van der Waals surface area contributed by atoms with Crippen molar-refractivity contribution in [2.24, 2.45) is 0 Å². The molecular weight excluding hydrogens is 220 g/mol. The smallest absolute Gasteiger partial charge is 0.0897 e. The highest BCUT2D eigenvalue weighted by molar-refractivity contribution is 7.11. The molecule has 0 atom stereocenters. The molecule has 0 bridgehead atoms. The third-order valence-electron chi connectivity index (χ3n) is 2.27.